The van der Waals surface area contributed by atoms with E-state index in [1.54, 1.807) is 19.2 Å². The molecule has 0 aliphatic rings. The minimum absolute atomic E-state index is 0.00835. The summed E-state index contributed by atoms with van der Waals surface area (Å²) in [5.41, 5.74) is 1.32. The first kappa shape index (κ1) is 19.2. The molecule has 1 amide bonds. The highest BCUT2D eigenvalue weighted by Gasteiger charge is 2.13. The predicted octanol–water partition coefficient (Wildman–Crippen LogP) is 5.21. The molecule has 0 saturated carbocycles. The Kier molecular flexibility index (Phi) is 7.06. The van der Waals surface area contributed by atoms with Gasteiger partial charge in [0.05, 0.1) is 10.7 Å². The van der Waals surface area contributed by atoms with E-state index in [4.69, 9.17) is 4.74 Å². The zero-order chi connectivity index (χ0) is 17.7. The van der Waals surface area contributed by atoms with Crippen LogP contribution >= 0.6 is 61.1 Å². The molecule has 24 heavy (non-hydrogen) atoms. The topological polar surface area (TPSA) is 62.1 Å². The van der Waals surface area contributed by atoms with Crippen molar-refractivity contribution in [3.63, 3.8) is 0 Å². The van der Waals surface area contributed by atoms with Crippen LogP contribution in [-0.2, 0) is 4.79 Å². The van der Waals surface area contributed by atoms with Crippen LogP contribution in [0.25, 0.3) is 6.08 Å². The molecule has 2 aromatic carbocycles. The monoisotopic (exact) mass is 608 g/mol. The number of ether oxygens (including phenoxy) is 1. The summed E-state index contributed by atoms with van der Waals surface area (Å²) in [6.45, 7) is 0. The standard InChI is InChI=1S/C17H11BrI2N2O2/c1-24-16-10(7-13(19)8-15(16)20)6-11(9-21)17(23)22-14-4-2-12(18)3-5-14/h2-8H,1H3,(H,22,23)/b11-6+. The van der Waals surface area contributed by atoms with E-state index < -0.39 is 5.91 Å². The first-order valence-corrected chi connectivity index (χ1v) is 9.61. The molecule has 0 spiro atoms. The molecule has 0 fully saturated rings. The lowest BCUT2D eigenvalue weighted by Crippen LogP contribution is -2.13. The highest BCUT2D eigenvalue weighted by atomic mass is 127. The normalized spacial score (nSPS) is 10.9. The lowest BCUT2D eigenvalue weighted by atomic mass is 10.1. The molecule has 0 aliphatic heterocycles. The van der Waals surface area contributed by atoms with Gasteiger partial charge in [0.2, 0.25) is 0 Å². The van der Waals surface area contributed by atoms with Crippen molar-refractivity contribution in [2.24, 2.45) is 0 Å². The Morgan fingerprint density at radius 3 is 2.54 bits per heavy atom. The Hall–Kier alpha value is -1.12. The lowest BCUT2D eigenvalue weighted by Gasteiger charge is -2.09. The van der Waals surface area contributed by atoms with Crippen LogP contribution in [0.3, 0.4) is 0 Å². The summed E-state index contributed by atoms with van der Waals surface area (Å²) in [5.74, 6) is 0.177. The van der Waals surface area contributed by atoms with Gasteiger partial charge >= 0.3 is 0 Å². The third-order valence-corrected chi connectivity index (χ3v) is 4.96. The molecule has 0 aliphatic carbocycles. The van der Waals surface area contributed by atoms with Crippen LogP contribution in [0.15, 0.2) is 46.4 Å². The van der Waals surface area contributed by atoms with E-state index in [1.807, 2.05) is 30.3 Å². The van der Waals surface area contributed by atoms with Crippen molar-refractivity contribution in [3.8, 4) is 11.8 Å². The number of nitrogens with one attached hydrogen (secondary N) is 1. The average molecular weight is 609 g/mol. The van der Waals surface area contributed by atoms with E-state index in [-0.39, 0.29) is 5.57 Å². The molecule has 0 bridgehead atoms. The van der Waals surface area contributed by atoms with Crippen LogP contribution in [0, 0.1) is 18.5 Å². The Labute approximate surface area is 175 Å². The second kappa shape index (κ2) is 8.82. The molecule has 0 atom stereocenters. The largest absolute Gasteiger partial charge is 0.495 e. The summed E-state index contributed by atoms with van der Waals surface area (Å²) < 4.78 is 8.21. The number of carbonyl (C=O) groups excluding carboxylic acids is 1. The van der Waals surface area contributed by atoms with Gasteiger partial charge in [0.1, 0.15) is 17.4 Å². The highest BCUT2D eigenvalue weighted by molar-refractivity contribution is 14.1. The van der Waals surface area contributed by atoms with Gasteiger partial charge in [-0.25, -0.2) is 0 Å². The van der Waals surface area contributed by atoms with Crippen LogP contribution < -0.4 is 10.1 Å². The molecule has 2 rings (SSSR count). The number of methoxy groups -OCH3 is 1. The minimum Gasteiger partial charge on any atom is -0.495 e. The second-order valence-electron chi connectivity index (χ2n) is 4.64. The Morgan fingerprint density at radius 1 is 1.29 bits per heavy atom. The van der Waals surface area contributed by atoms with Gasteiger partial charge in [0, 0.05) is 19.3 Å². The number of hydrogen-bond donors (Lipinski definition) is 1. The van der Waals surface area contributed by atoms with E-state index in [2.05, 4.69) is 66.4 Å². The lowest BCUT2D eigenvalue weighted by molar-refractivity contribution is -0.112. The Bertz CT molecular complexity index is 843. The first-order chi connectivity index (χ1) is 11.4. The number of amides is 1. The van der Waals surface area contributed by atoms with Crippen molar-refractivity contribution >= 4 is 78.8 Å². The zero-order valence-electron chi connectivity index (χ0n) is 12.4. The van der Waals surface area contributed by atoms with E-state index in [0.29, 0.717) is 17.0 Å². The number of carbonyl (C=O) groups is 1. The zero-order valence-corrected chi connectivity index (χ0v) is 18.3. The van der Waals surface area contributed by atoms with Crippen LogP contribution in [0.2, 0.25) is 0 Å². The molecule has 2 aromatic rings. The summed E-state index contributed by atoms with van der Waals surface area (Å²) in [6, 6.07) is 12.9. The number of anilines is 1. The molecule has 7 heteroatoms. The minimum atomic E-state index is -0.462. The Balaban J connectivity index is 2.34. The smallest absolute Gasteiger partial charge is 0.266 e. The van der Waals surface area contributed by atoms with Gasteiger partial charge in [-0.1, -0.05) is 15.9 Å². The van der Waals surface area contributed by atoms with Crippen molar-refractivity contribution < 1.29 is 9.53 Å². The third-order valence-electron chi connectivity index (χ3n) is 3.01. The quantitative estimate of drug-likeness (QED) is 0.295. The Morgan fingerprint density at radius 2 is 1.96 bits per heavy atom. The summed E-state index contributed by atoms with van der Waals surface area (Å²) in [7, 11) is 1.57. The molecule has 0 unspecified atom stereocenters. The molecule has 1 N–H and O–H groups in total. The summed E-state index contributed by atoms with van der Waals surface area (Å²) >= 11 is 7.68. The number of halogens is 3. The van der Waals surface area contributed by atoms with Crippen LogP contribution in [-0.4, -0.2) is 13.0 Å². The number of nitriles is 1. The molecule has 0 radical (unpaired) electrons. The molecule has 0 aromatic heterocycles. The van der Waals surface area contributed by atoms with Crippen LogP contribution in [0.5, 0.6) is 5.75 Å². The maximum absolute atomic E-state index is 12.3. The summed E-state index contributed by atoms with van der Waals surface area (Å²) in [5, 5.41) is 12.1. The van der Waals surface area contributed by atoms with Crippen LogP contribution in [0.4, 0.5) is 5.69 Å². The van der Waals surface area contributed by atoms with E-state index in [0.717, 1.165) is 11.6 Å². The fourth-order valence-corrected chi connectivity index (χ4v) is 4.31. The van der Waals surface area contributed by atoms with Crippen LogP contribution in [0.1, 0.15) is 5.56 Å². The van der Waals surface area contributed by atoms with Crippen molar-refractivity contribution in [1.29, 1.82) is 5.26 Å². The van der Waals surface area contributed by atoms with Gasteiger partial charge in [-0.05, 0) is 87.7 Å². The summed E-state index contributed by atoms with van der Waals surface area (Å²) in [4.78, 5) is 12.3. The first-order valence-electron chi connectivity index (χ1n) is 6.66. The van der Waals surface area contributed by atoms with Crippen molar-refractivity contribution in [1.82, 2.24) is 0 Å². The van der Waals surface area contributed by atoms with E-state index in [9.17, 15) is 10.1 Å². The summed E-state index contributed by atoms with van der Waals surface area (Å²) in [6.07, 6.45) is 1.54. The average Bonchev–Trinajstić information content (AvgIpc) is 2.54. The maximum Gasteiger partial charge on any atom is 0.266 e. The highest BCUT2D eigenvalue weighted by Crippen LogP contribution is 2.30. The van der Waals surface area contributed by atoms with Crippen molar-refractivity contribution in [2.45, 2.75) is 0 Å². The van der Waals surface area contributed by atoms with Gasteiger partial charge < -0.3 is 10.1 Å². The predicted molar refractivity (Wildman–Crippen MR) is 115 cm³/mol. The van der Waals surface area contributed by atoms with Gasteiger partial charge in [-0.15, -0.1) is 0 Å². The fourth-order valence-electron chi connectivity index (χ4n) is 1.94. The third kappa shape index (κ3) is 4.94. The number of nitrogens with zero attached hydrogens (tertiary/aromatic N) is 1. The molecular weight excluding hydrogens is 598 g/mol. The van der Waals surface area contributed by atoms with Crippen molar-refractivity contribution in [2.75, 3.05) is 12.4 Å². The van der Waals surface area contributed by atoms with Gasteiger partial charge in [0.15, 0.2) is 0 Å². The van der Waals surface area contributed by atoms with Gasteiger partial charge in [0.25, 0.3) is 5.91 Å². The molecule has 122 valence electrons. The molecule has 0 heterocycles. The molecular formula is C17H11BrI2N2O2. The number of hydrogen-bond acceptors (Lipinski definition) is 3. The van der Waals surface area contributed by atoms with E-state index >= 15 is 0 Å². The van der Waals surface area contributed by atoms with Crippen molar-refractivity contribution in [3.05, 3.63) is 59.1 Å². The number of benzene rings is 2. The fraction of sp³-hybridized carbons (Fsp3) is 0.0588. The second-order valence-corrected chi connectivity index (χ2v) is 7.96. The van der Waals surface area contributed by atoms with E-state index in [1.165, 1.54) is 6.08 Å². The molecule has 4 nitrogen and oxygen atoms in total. The number of rotatable bonds is 4. The van der Waals surface area contributed by atoms with Gasteiger partial charge in [-0.2, -0.15) is 5.26 Å². The SMILES string of the molecule is COc1c(I)cc(I)cc1/C=C(\C#N)C(=O)Nc1ccc(Br)cc1. The molecule has 0 saturated heterocycles. The maximum atomic E-state index is 12.3. The van der Waals surface area contributed by atoms with Gasteiger partial charge in [-0.3, -0.25) is 4.79 Å².